The van der Waals surface area contributed by atoms with Crippen molar-refractivity contribution in [1.82, 2.24) is 0 Å². The van der Waals surface area contributed by atoms with Gasteiger partial charge in [-0.1, -0.05) is 51.8 Å². The van der Waals surface area contributed by atoms with Gasteiger partial charge in [-0.05, 0) is 17.7 Å². The van der Waals surface area contributed by atoms with Crippen LogP contribution >= 0.6 is 27.5 Å². The molecule has 0 aliphatic rings. The highest BCUT2D eigenvalue weighted by atomic mass is 79.9. The molecule has 88 valence electrons. The molecule has 0 saturated carbocycles. The lowest BCUT2D eigenvalue weighted by Gasteiger charge is -2.13. The van der Waals surface area contributed by atoms with Gasteiger partial charge in [0.1, 0.15) is 11.6 Å². The lowest BCUT2D eigenvalue weighted by molar-refractivity contribution is 0.574. The second kappa shape index (κ2) is 5.15. The van der Waals surface area contributed by atoms with Crippen LogP contribution in [0.5, 0.6) is 0 Å². The van der Waals surface area contributed by atoms with Crippen LogP contribution in [-0.4, -0.2) is 0 Å². The third kappa shape index (κ3) is 2.67. The first-order valence-corrected chi connectivity index (χ1v) is 6.22. The fraction of sp³-hybridized carbons (Fsp3) is 0.0769. The average Bonchev–Trinajstić information content (AvgIpc) is 2.29. The molecule has 0 spiro atoms. The first-order chi connectivity index (χ1) is 8.09. The van der Waals surface area contributed by atoms with Crippen LogP contribution in [0.2, 0.25) is 5.02 Å². The van der Waals surface area contributed by atoms with Crippen LogP contribution in [0.3, 0.4) is 0 Å². The first-order valence-electron chi connectivity index (χ1n) is 4.93. The summed E-state index contributed by atoms with van der Waals surface area (Å²) in [5.41, 5.74) is 1.11. The van der Waals surface area contributed by atoms with E-state index in [1.165, 1.54) is 12.1 Å². The smallest absolute Gasteiger partial charge is 0.130 e. The monoisotopic (exact) mass is 316 g/mol. The van der Waals surface area contributed by atoms with Gasteiger partial charge in [0.05, 0.1) is 4.83 Å². The van der Waals surface area contributed by atoms with E-state index < -0.39 is 16.5 Å². The maximum Gasteiger partial charge on any atom is 0.130 e. The third-order valence-electron chi connectivity index (χ3n) is 2.41. The van der Waals surface area contributed by atoms with Gasteiger partial charge in [-0.15, -0.1) is 0 Å². The molecule has 1 atom stereocenters. The second-order valence-corrected chi connectivity index (χ2v) is 4.87. The Bertz CT molecular complexity index is 543. The van der Waals surface area contributed by atoms with Crippen molar-refractivity contribution in [2.24, 2.45) is 0 Å². The first kappa shape index (κ1) is 12.5. The van der Waals surface area contributed by atoms with Gasteiger partial charge < -0.3 is 0 Å². The Morgan fingerprint density at radius 3 is 2.35 bits per heavy atom. The van der Waals surface area contributed by atoms with E-state index in [1.807, 2.05) is 6.07 Å². The number of hydrogen-bond acceptors (Lipinski definition) is 0. The summed E-state index contributed by atoms with van der Waals surface area (Å²) in [5.74, 6) is -1.18. The van der Waals surface area contributed by atoms with Gasteiger partial charge in [0.25, 0.3) is 0 Å². The fourth-order valence-electron chi connectivity index (χ4n) is 1.56. The lowest BCUT2D eigenvalue weighted by atomic mass is 10.0. The topological polar surface area (TPSA) is 0 Å². The SMILES string of the molecule is Fc1ccc(C(Br)c2ccccc2Cl)c(F)c1. The molecule has 0 aliphatic heterocycles. The number of rotatable bonds is 2. The van der Waals surface area contributed by atoms with Crippen molar-refractivity contribution in [3.8, 4) is 0 Å². The van der Waals surface area contributed by atoms with Crippen LogP contribution in [-0.2, 0) is 0 Å². The Morgan fingerprint density at radius 1 is 1.00 bits per heavy atom. The molecule has 0 radical (unpaired) electrons. The number of hydrogen-bond donors (Lipinski definition) is 0. The zero-order valence-electron chi connectivity index (χ0n) is 8.63. The third-order valence-corrected chi connectivity index (χ3v) is 3.74. The van der Waals surface area contributed by atoms with Gasteiger partial charge >= 0.3 is 0 Å². The normalized spacial score (nSPS) is 12.5. The Labute approximate surface area is 111 Å². The molecule has 17 heavy (non-hydrogen) atoms. The van der Waals surface area contributed by atoms with Crippen molar-refractivity contribution in [2.45, 2.75) is 4.83 Å². The van der Waals surface area contributed by atoms with Crippen LogP contribution in [0.4, 0.5) is 8.78 Å². The summed E-state index contributed by atoms with van der Waals surface area (Å²) >= 11 is 9.40. The summed E-state index contributed by atoms with van der Waals surface area (Å²) in [5, 5.41) is 0.540. The molecule has 0 bridgehead atoms. The predicted molar refractivity (Wildman–Crippen MR) is 68.6 cm³/mol. The summed E-state index contributed by atoms with van der Waals surface area (Å²) in [6.45, 7) is 0. The minimum absolute atomic E-state index is 0.361. The van der Waals surface area contributed by atoms with Crippen LogP contribution in [0.15, 0.2) is 42.5 Å². The highest BCUT2D eigenvalue weighted by Gasteiger charge is 2.17. The molecule has 4 heteroatoms. The summed E-state index contributed by atoms with van der Waals surface area (Å²) in [7, 11) is 0. The molecule has 0 aliphatic carbocycles. The zero-order chi connectivity index (χ0) is 12.4. The van der Waals surface area contributed by atoms with Crippen molar-refractivity contribution >= 4 is 27.5 Å². The van der Waals surface area contributed by atoms with Crippen molar-refractivity contribution in [2.75, 3.05) is 0 Å². The van der Waals surface area contributed by atoms with Crippen molar-refractivity contribution < 1.29 is 8.78 Å². The van der Waals surface area contributed by atoms with Gasteiger partial charge in [0, 0.05) is 16.7 Å². The molecule has 2 aromatic rings. The van der Waals surface area contributed by atoms with Crippen LogP contribution in [0.25, 0.3) is 0 Å². The van der Waals surface area contributed by atoms with E-state index in [0.29, 0.717) is 10.6 Å². The quantitative estimate of drug-likeness (QED) is 0.676. The molecule has 0 fully saturated rings. The van der Waals surface area contributed by atoms with E-state index in [4.69, 9.17) is 11.6 Å². The molecule has 0 saturated heterocycles. The van der Waals surface area contributed by atoms with E-state index in [1.54, 1.807) is 18.2 Å². The summed E-state index contributed by atoms with van der Waals surface area (Å²) < 4.78 is 26.4. The standard InChI is InChI=1S/C13H8BrClF2/c14-13(9-3-1-2-4-11(9)15)10-6-5-8(16)7-12(10)17/h1-7,13H. The maximum absolute atomic E-state index is 13.6. The minimum Gasteiger partial charge on any atom is -0.207 e. The Balaban J connectivity index is 2.44. The molecule has 0 nitrogen and oxygen atoms in total. The van der Waals surface area contributed by atoms with E-state index in [9.17, 15) is 8.78 Å². The Morgan fingerprint density at radius 2 is 1.71 bits per heavy atom. The molecular weight excluding hydrogens is 309 g/mol. The largest absolute Gasteiger partial charge is 0.207 e. The fourth-order valence-corrected chi connectivity index (χ4v) is 2.70. The van der Waals surface area contributed by atoms with Gasteiger partial charge in [0.15, 0.2) is 0 Å². The number of alkyl halides is 1. The molecule has 0 amide bonds. The highest BCUT2D eigenvalue weighted by molar-refractivity contribution is 9.09. The average molecular weight is 318 g/mol. The van der Waals surface area contributed by atoms with E-state index in [-0.39, 0.29) is 0 Å². The predicted octanol–water partition coefficient (Wildman–Crippen LogP) is 5.10. The Hall–Kier alpha value is -0.930. The lowest BCUT2D eigenvalue weighted by Crippen LogP contribution is -1.98. The summed E-state index contributed by atoms with van der Waals surface area (Å²) in [4.78, 5) is -0.392. The number of halogens is 4. The van der Waals surface area contributed by atoms with Crippen molar-refractivity contribution in [3.05, 3.63) is 70.2 Å². The van der Waals surface area contributed by atoms with Gasteiger partial charge in [0.2, 0.25) is 0 Å². The Kier molecular flexibility index (Phi) is 3.79. The van der Waals surface area contributed by atoms with Crippen molar-refractivity contribution in [3.63, 3.8) is 0 Å². The molecule has 1 unspecified atom stereocenters. The molecule has 0 N–H and O–H groups in total. The van der Waals surface area contributed by atoms with Gasteiger partial charge in [-0.3, -0.25) is 0 Å². The van der Waals surface area contributed by atoms with E-state index >= 15 is 0 Å². The van der Waals surface area contributed by atoms with Crippen LogP contribution in [0, 0.1) is 11.6 Å². The summed E-state index contributed by atoms with van der Waals surface area (Å²) in [6.07, 6.45) is 0. The molecular formula is C13H8BrClF2. The molecule has 0 aromatic heterocycles. The van der Waals surface area contributed by atoms with Crippen molar-refractivity contribution in [1.29, 1.82) is 0 Å². The highest BCUT2D eigenvalue weighted by Crippen LogP contribution is 2.36. The maximum atomic E-state index is 13.6. The van der Waals surface area contributed by atoms with Gasteiger partial charge in [-0.25, -0.2) is 8.78 Å². The van der Waals surface area contributed by atoms with E-state index in [2.05, 4.69) is 15.9 Å². The van der Waals surface area contributed by atoms with E-state index in [0.717, 1.165) is 11.6 Å². The second-order valence-electron chi connectivity index (χ2n) is 3.55. The summed E-state index contributed by atoms with van der Waals surface area (Å²) in [6, 6.07) is 10.6. The zero-order valence-corrected chi connectivity index (χ0v) is 11.0. The molecule has 2 aromatic carbocycles. The van der Waals surface area contributed by atoms with Gasteiger partial charge in [-0.2, -0.15) is 0 Å². The molecule has 2 rings (SSSR count). The van der Waals surface area contributed by atoms with Crippen LogP contribution in [0.1, 0.15) is 16.0 Å². The minimum atomic E-state index is -0.592. The number of benzene rings is 2. The molecule has 0 heterocycles. The van der Waals surface area contributed by atoms with Crippen LogP contribution < -0.4 is 0 Å².